The Morgan fingerprint density at radius 3 is 2.52 bits per heavy atom. The minimum absolute atomic E-state index is 0.283. The molecule has 0 radical (unpaired) electrons. The van der Waals surface area contributed by atoms with E-state index < -0.39 is 27.0 Å². The van der Waals surface area contributed by atoms with Gasteiger partial charge >= 0.3 is 6.36 Å². The van der Waals surface area contributed by atoms with Crippen LogP contribution in [0.2, 0.25) is 0 Å². The van der Waals surface area contributed by atoms with E-state index in [4.69, 9.17) is 0 Å². The summed E-state index contributed by atoms with van der Waals surface area (Å²) in [5.41, 5.74) is 0. The fourth-order valence-corrected chi connectivity index (χ4v) is 2.52. The molecule has 0 fully saturated rings. The molecule has 0 unspecified atom stereocenters. The minimum atomic E-state index is -5.01. The summed E-state index contributed by atoms with van der Waals surface area (Å²) in [7, 11) is -4.32. The SMILES string of the molecule is Cc1nc(NS(=O)(=O)c2ccccc2OC(F)(F)F)n[nH]1. The predicted octanol–water partition coefficient (Wildman–Crippen LogP) is 1.81. The van der Waals surface area contributed by atoms with Crippen molar-refractivity contribution < 1.29 is 26.3 Å². The van der Waals surface area contributed by atoms with Gasteiger partial charge < -0.3 is 4.74 Å². The van der Waals surface area contributed by atoms with Crippen LogP contribution in [0.3, 0.4) is 0 Å². The minimum Gasteiger partial charge on any atom is -0.404 e. The quantitative estimate of drug-likeness (QED) is 0.895. The molecule has 0 bridgehead atoms. The summed E-state index contributed by atoms with van der Waals surface area (Å²) in [5.74, 6) is -0.786. The normalized spacial score (nSPS) is 12.2. The number of H-pyrrole nitrogens is 1. The number of aromatic amines is 1. The average Bonchev–Trinajstić information content (AvgIpc) is 2.72. The van der Waals surface area contributed by atoms with Crippen molar-refractivity contribution in [1.29, 1.82) is 0 Å². The summed E-state index contributed by atoms with van der Waals surface area (Å²) in [6, 6.07) is 4.35. The second kappa shape index (κ2) is 5.24. The monoisotopic (exact) mass is 322 g/mol. The first-order chi connectivity index (χ1) is 9.67. The lowest BCUT2D eigenvalue weighted by Gasteiger charge is -2.13. The van der Waals surface area contributed by atoms with Gasteiger partial charge in [-0.05, 0) is 19.1 Å². The van der Waals surface area contributed by atoms with Crippen LogP contribution in [0.4, 0.5) is 19.1 Å². The van der Waals surface area contributed by atoms with E-state index >= 15 is 0 Å². The number of nitrogens with one attached hydrogen (secondary N) is 2. The number of anilines is 1. The molecule has 0 spiro atoms. The Morgan fingerprint density at radius 2 is 1.95 bits per heavy atom. The lowest BCUT2D eigenvalue weighted by Crippen LogP contribution is -2.21. The van der Waals surface area contributed by atoms with Crippen LogP contribution in [0.1, 0.15) is 5.82 Å². The van der Waals surface area contributed by atoms with Crippen LogP contribution in [0.15, 0.2) is 29.2 Å². The number of aryl methyl sites for hydroxylation is 1. The molecule has 0 aliphatic rings. The van der Waals surface area contributed by atoms with Gasteiger partial charge in [-0.25, -0.2) is 13.1 Å². The number of halogens is 3. The molecular weight excluding hydrogens is 313 g/mol. The second-order valence-electron chi connectivity index (χ2n) is 3.84. The molecule has 21 heavy (non-hydrogen) atoms. The average molecular weight is 322 g/mol. The third-order valence-corrected chi connectivity index (χ3v) is 3.55. The number of aromatic nitrogens is 3. The van der Waals surface area contributed by atoms with E-state index in [1.807, 2.05) is 4.72 Å². The lowest BCUT2D eigenvalue weighted by molar-refractivity contribution is -0.275. The van der Waals surface area contributed by atoms with Gasteiger partial charge in [0.05, 0.1) is 0 Å². The van der Waals surface area contributed by atoms with Crippen LogP contribution in [0, 0.1) is 6.92 Å². The van der Waals surface area contributed by atoms with Crippen molar-refractivity contribution >= 4 is 16.0 Å². The number of nitrogens with zero attached hydrogens (tertiary/aromatic N) is 2. The molecule has 7 nitrogen and oxygen atoms in total. The van der Waals surface area contributed by atoms with E-state index in [0.29, 0.717) is 5.82 Å². The molecule has 2 aromatic rings. The van der Waals surface area contributed by atoms with E-state index in [9.17, 15) is 21.6 Å². The molecule has 11 heteroatoms. The summed E-state index contributed by atoms with van der Waals surface area (Å²) < 4.78 is 66.6. The van der Waals surface area contributed by atoms with Crippen molar-refractivity contribution in [2.75, 3.05) is 4.72 Å². The lowest BCUT2D eigenvalue weighted by atomic mass is 10.3. The largest absolute Gasteiger partial charge is 0.573 e. The summed E-state index contributed by atoms with van der Waals surface area (Å²) >= 11 is 0. The highest BCUT2D eigenvalue weighted by atomic mass is 32.2. The fraction of sp³-hybridized carbons (Fsp3) is 0.200. The summed E-state index contributed by atoms with van der Waals surface area (Å²) in [6.45, 7) is 1.53. The van der Waals surface area contributed by atoms with Crippen LogP contribution in [0.25, 0.3) is 0 Å². The highest BCUT2D eigenvalue weighted by Crippen LogP contribution is 2.30. The molecule has 1 aromatic heterocycles. The van der Waals surface area contributed by atoms with Gasteiger partial charge in [-0.3, -0.25) is 5.10 Å². The molecule has 1 aromatic carbocycles. The van der Waals surface area contributed by atoms with Gasteiger partial charge in [0.15, 0.2) is 0 Å². The molecule has 0 aliphatic heterocycles. The first-order valence-electron chi connectivity index (χ1n) is 5.44. The molecule has 2 N–H and O–H groups in total. The smallest absolute Gasteiger partial charge is 0.404 e. The van der Waals surface area contributed by atoms with Gasteiger partial charge in [-0.2, -0.15) is 4.98 Å². The first-order valence-corrected chi connectivity index (χ1v) is 6.92. The molecule has 0 atom stereocenters. The van der Waals surface area contributed by atoms with Gasteiger partial charge in [-0.1, -0.05) is 12.1 Å². The predicted molar refractivity (Wildman–Crippen MR) is 65.1 cm³/mol. The van der Waals surface area contributed by atoms with Crippen LogP contribution in [0.5, 0.6) is 5.75 Å². The Balaban J connectivity index is 2.36. The number of para-hydroxylation sites is 1. The van der Waals surface area contributed by atoms with E-state index in [2.05, 4.69) is 19.9 Å². The molecular formula is C10H9F3N4O3S. The van der Waals surface area contributed by atoms with Crippen molar-refractivity contribution in [1.82, 2.24) is 15.2 Å². The van der Waals surface area contributed by atoms with Gasteiger partial charge in [0, 0.05) is 0 Å². The third kappa shape index (κ3) is 3.84. The summed E-state index contributed by atoms with van der Waals surface area (Å²) in [6.07, 6.45) is -5.01. The number of hydrogen-bond donors (Lipinski definition) is 2. The standard InChI is InChI=1S/C10H9F3N4O3S/c1-6-14-9(16-15-6)17-21(18,19)8-5-3-2-4-7(8)20-10(11,12)13/h2-5H,1H3,(H2,14,15,16,17). The van der Waals surface area contributed by atoms with Gasteiger partial charge in [0.25, 0.3) is 16.0 Å². The zero-order valence-electron chi connectivity index (χ0n) is 10.5. The number of hydrogen-bond acceptors (Lipinski definition) is 5. The maximum atomic E-state index is 12.3. The summed E-state index contributed by atoms with van der Waals surface area (Å²) in [4.78, 5) is 3.03. The molecule has 0 amide bonds. The maximum absolute atomic E-state index is 12.3. The van der Waals surface area contributed by atoms with Crippen LogP contribution in [-0.2, 0) is 10.0 Å². The number of rotatable bonds is 4. The van der Waals surface area contributed by atoms with Crippen molar-refractivity contribution in [3.05, 3.63) is 30.1 Å². The number of alkyl halides is 3. The topological polar surface area (TPSA) is 97.0 Å². The van der Waals surface area contributed by atoms with Crippen molar-refractivity contribution in [2.45, 2.75) is 18.2 Å². The van der Waals surface area contributed by atoms with Crippen LogP contribution in [-0.4, -0.2) is 30.0 Å². The molecule has 0 aliphatic carbocycles. The molecule has 1 heterocycles. The molecule has 2 rings (SSSR count). The number of benzene rings is 1. The zero-order chi connectivity index (χ0) is 15.7. The fourth-order valence-electron chi connectivity index (χ4n) is 1.44. The van der Waals surface area contributed by atoms with E-state index in [-0.39, 0.29) is 5.95 Å². The first kappa shape index (κ1) is 15.1. The van der Waals surface area contributed by atoms with Gasteiger partial charge in [-0.15, -0.1) is 18.3 Å². The molecule has 0 saturated heterocycles. The zero-order valence-corrected chi connectivity index (χ0v) is 11.3. The van der Waals surface area contributed by atoms with Gasteiger partial charge in [0.1, 0.15) is 16.5 Å². The highest BCUT2D eigenvalue weighted by molar-refractivity contribution is 7.92. The van der Waals surface area contributed by atoms with Crippen molar-refractivity contribution in [2.24, 2.45) is 0 Å². The third-order valence-electron chi connectivity index (χ3n) is 2.19. The maximum Gasteiger partial charge on any atom is 0.573 e. The number of ether oxygens (including phenoxy) is 1. The Bertz CT molecular complexity index is 742. The van der Waals surface area contributed by atoms with Crippen molar-refractivity contribution in [3.8, 4) is 5.75 Å². The van der Waals surface area contributed by atoms with Gasteiger partial charge in [0.2, 0.25) is 0 Å². The Hall–Kier alpha value is -2.30. The van der Waals surface area contributed by atoms with Crippen LogP contribution < -0.4 is 9.46 Å². The highest BCUT2D eigenvalue weighted by Gasteiger charge is 2.34. The van der Waals surface area contributed by atoms with E-state index in [0.717, 1.165) is 12.1 Å². The molecule has 114 valence electrons. The van der Waals surface area contributed by atoms with E-state index in [1.54, 1.807) is 0 Å². The van der Waals surface area contributed by atoms with Crippen LogP contribution >= 0.6 is 0 Å². The second-order valence-corrected chi connectivity index (χ2v) is 5.50. The Kier molecular flexibility index (Phi) is 3.77. The van der Waals surface area contributed by atoms with Crippen molar-refractivity contribution in [3.63, 3.8) is 0 Å². The van der Waals surface area contributed by atoms with E-state index in [1.165, 1.54) is 19.1 Å². The Labute approximate surface area is 117 Å². The molecule has 0 saturated carbocycles. The number of sulfonamides is 1. The Morgan fingerprint density at radius 1 is 1.29 bits per heavy atom. The summed E-state index contributed by atoms with van der Waals surface area (Å²) in [5, 5.41) is 5.94.